The summed E-state index contributed by atoms with van der Waals surface area (Å²) in [5, 5.41) is 2.84. The van der Waals surface area contributed by atoms with Crippen molar-refractivity contribution in [2.24, 2.45) is 5.41 Å². The summed E-state index contributed by atoms with van der Waals surface area (Å²) in [7, 11) is -3.85. The molecule has 0 heterocycles. The Morgan fingerprint density at radius 2 is 1.84 bits per heavy atom. The third kappa shape index (κ3) is 7.57. The highest BCUT2D eigenvalue weighted by atomic mass is 33.1. The van der Waals surface area contributed by atoms with Crippen molar-refractivity contribution in [2.45, 2.75) is 26.0 Å². The van der Waals surface area contributed by atoms with Crippen molar-refractivity contribution in [1.82, 2.24) is 5.32 Å². The average molecular weight is 302 g/mol. The Balaban J connectivity index is 2.71. The van der Waals surface area contributed by atoms with Crippen molar-refractivity contribution in [2.75, 3.05) is 13.1 Å². The average Bonchev–Trinajstić information content (AvgIpc) is 2.25. The Bertz CT molecular complexity index is 480. The van der Waals surface area contributed by atoms with Crippen LogP contribution in [-0.2, 0) is 9.15 Å². The second-order valence-electron chi connectivity index (χ2n) is 5.60. The van der Waals surface area contributed by atoms with Gasteiger partial charge in [-0.1, -0.05) is 51.1 Å². The molecule has 0 bridgehead atoms. The van der Waals surface area contributed by atoms with Crippen molar-refractivity contribution in [3.63, 3.8) is 0 Å². The molecule has 0 aliphatic carbocycles. The van der Waals surface area contributed by atoms with Crippen molar-refractivity contribution in [3.05, 3.63) is 35.9 Å². The molecule has 1 N–H and O–H groups in total. The molecular formula is C13H20NO3S2-. The highest BCUT2D eigenvalue weighted by molar-refractivity contribution is 8.69. The summed E-state index contributed by atoms with van der Waals surface area (Å²) in [6.45, 7) is 7.49. The van der Waals surface area contributed by atoms with E-state index in [1.54, 1.807) is 0 Å². The maximum Gasteiger partial charge on any atom is 0.149 e. The van der Waals surface area contributed by atoms with Crippen LogP contribution in [0.15, 0.2) is 30.3 Å². The third-order valence-electron chi connectivity index (χ3n) is 2.39. The molecule has 1 unspecified atom stereocenters. The smallest absolute Gasteiger partial charge is 0.149 e. The molecule has 19 heavy (non-hydrogen) atoms. The van der Waals surface area contributed by atoms with Crippen LogP contribution in [0, 0.1) is 5.41 Å². The molecule has 1 aromatic carbocycles. The minimum Gasteiger partial charge on any atom is -0.739 e. The molecule has 0 amide bonds. The predicted molar refractivity (Wildman–Crippen MR) is 78.8 cm³/mol. The number of nitrogens with one attached hydrogen (secondary N) is 1. The first-order valence-corrected chi connectivity index (χ1v) is 8.88. The van der Waals surface area contributed by atoms with Crippen LogP contribution in [-0.4, -0.2) is 26.1 Å². The van der Waals surface area contributed by atoms with E-state index in [9.17, 15) is 13.0 Å². The van der Waals surface area contributed by atoms with Crippen molar-refractivity contribution in [3.8, 4) is 0 Å². The van der Waals surface area contributed by atoms with Gasteiger partial charge in [-0.05, 0) is 21.8 Å². The molecule has 0 aromatic heterocycles. The van der Waals surface area contributed by atoms with Crippen LogP contribution in [0.4, 0.5) is 0 Å². The molecule has 0 spiro atoms. The summed E-state index contributed by atoms with van der Waals surface area (Å²) in [4.78, 5) is 0. The fourth-order valence-corrected chi connectivity index (χ4v) is 3.73. The van der Waals surface area contributed by atoms with E-state index in [0.29, 0.717) is 17.3 Å². The lowest BCUT2D eigenvalue weighted by atomic mass is 9.97. The Hall–Kier alpha value is -0.560. The van der Waals surface area contributed by atoms with E-state index < -0.39 is 9.15 Å². The van der Waals surface area contributed by atoms with Gasteiger partial charge in [0.1, 0.15) is 9.15 Å². The Labute approximate surface area is 119 Å². The normalized spacial score (nSPS) is 14.3. The van der Waals surface area contributed by atoms with Crippen molar-refractivity contribution in [1.29, 1.82) is 0 Å². The van der Waals surface area contributed by atoms with Gasteiger partial charge in [0.15, 0.2) is 0 Å². The maximum absolute atomic E-state index is 11.0. The summed E-state index contributed by atoms with van der Waals surface area (Å²) in [6, 6.07) is 9.21. The van der Waals surface area contributed by atoms with Gasteiger partial charge in [0, 0.05) is 13.1 Å². The van der Waals surface area contributed by atoms with Crippen LogP contribution in [0.2, 0.25) is 0 Å². The van der Waals surface area contributed by atoms with Gasteiger partial charge in [-0.15, -0.1) is 0 Å². The molecule has 1 aromatic rings. The minimum atomic E-state index is -4.31. The zero-order valence-corrected chi connectivity index (χ0v) is 13.1. The van der Waals surface area contributed by atoms with Gasteiger partial charge in [0.05, 0.1) is 5.25 Å². The highest BCUT2D eigenvalue weighted by Gasteiger charge is 2.17. The first kappa shape index (κ1) is 16.5. The topological polar surface area (TPSA) is 69.2 Å². The minimum absolute atomic E-state index is 0.113. The zero-order chi connectivity index (χ0) is 14.5. The van der Waals surface area contributed by atoms with Gasteiger partial charge in [-0.2, -0.15) is 0 Å². The first-order valence-electron chi connectivity index (χ1n) is 6.07. The molecule has 108 valence electrons. The molecule has 0 aliphatic rings. The highest BCUT2D eigenvalue weighted by Crippen LogP contribution is 2.31. The van der Waals surface area contributed by atoms with Crippen LogP contribution in [0.5, 0.6) is 0 Å². The van der Waals surface area contributed by atoms with Crippen LogP contribution < -0.4 is 5.32 Å². The van der Waals surface area contributed by atoms with Gasteiger partial charge in [-0.25, -0.2) is 8.42 Å². The second-order valence-corrected chi connectivity index (χ2v) is 8.98. The largest absolute Gasteiger partial charge is 0.739 e. The maximum atomic E-state index is 11.0. The van der Waals surface area contributed by atoms with Gasteiger partial charge in [-0.3, -0.25) is 0 Å². The molecule has 0 aliphatic heterocycles. The Kier molecular flexibility index (Phi) is 5.85. The van der Waals surface area contributed by atoms with Crippen LogP contribution >= 0.6 is 10.8 Å². The molecule has 1 atom stereocenters. The number of rotatable bonds is 6. The SMILES string of the molecule is CC(C)(C)CNCC(SS(=O)(=O)[O-])c1ccccc1. The quantitative estimate of drug-likeness (QED) is 0.646. The fraction of sp³-hybridized carbons (Fsp3) is 0.538. The molecule has 4 nitrogen and oxygen atoms in total. The Morgan fingerprint density at radius 1 is 1.26 bits per heavy atom. The van der Waals surface area contributed by atoms with Crippen molar-refractivity contribution < 1.29 is 13.0 Å². The van der Waals surface area contributed by atoms with E-state index in [-0.39, 0.29) is 10.7 Å². The van der Waals surface area contributed by atoms with Crippen LogP contribution in [0.25, 0.3) is 0 Å². The van der Waals surface area contributed by atoms with E-state index >= 15 is 0 Å². The molecule has 0 radical (unpaired) electrons. The summed E-state index contributed by atoms with van der Waals surface area (Å²) >= 11 is 0. The standard InChI is InChI=1S/C13H21NO3S2/c1-13(2,3)10-14-9-12(18-19(15,16)17)11-7-5-4-6-8-11/h4-8,12,14H,9-10H2,1-3H3,(H,15,16,17)/p-1. The monoisotopic (exact) mass is 302 g/mol. The van der Waals surface area contributed by atoms with Crippen LogP contribution in [0.1, 0.15) is 31.6 Å². The lowest BCUT2D eigenvalue weighted by molar-refractivity contribution is 0.381. The second kappa shape index (κ2) is 6.74. The van der Waals surface area contributed by atoms with Gasteiger partial charge < -0.3 is 9.87 Å². The van der Waals surface area contributed by atoms with Gasteiger partial charge in [0.25, 0.3) is 0 Å². The molecule has 0 saturated heterocycles. The lowest BCUT2D eigenvalue weighted by Crippen LogP contribution is -2.30. The summed E-state index contributed by atoms with van der Waals surface area (Å²) in [5.41, 5.74) is 0.954. The first-order chi connectivity index (χ1) is 8.67. The number of hydrogen-bond donors (Lipinski definition) is 1. The Morgan fingerprint density at radius 3 is 2.32 bits per heavy atom. The van der Waals surface area contributed by atoms with E-state index in [2.05, 4.69) is 26.1 Å². The predicted octanol–water partition coefficient (Wildman–Crippen LogP) is 2.56. The van der Waals surface area contributed by atoms with Gasteiger partial charge in [0.2, 0.25) is 0 Å². The third-order valence-corrected chi connectivity index (χ3v) is 4.70. The van der Waals surface area contributed by atoms with Crippen LogP contribution in [0.3, 0.4) is 0 Å². The van der Waals surface area contributed by atoms with E-state index in [0.717, 1.165) is 12.1 Å². The molecule has 0 fully saturated rings. The summed E-state index contributed by atoms with van der Waals surface area (Å²) < 4.78 is 32.9. The number of hydrogen-bond acceptors (Lipinski definition) is 5. The molecule has 0 saturated carbocycles. The number of benzene rings is 1. The fourth-order valence-electron chi connectivity index (χ4n) is 1.60. The lowest BCUT2D eigenvalue weighted by Gasteiger charge is -2.23. The molecular weight excluding hydrogens is 282 g/mol. The molecule has 6 heteroatoms. The zero-order valence-electron chi connectivity index (χ0n) is 11.4. The van der Waals surface area contributed by atoms with Gasteiger partial charge >= 0.3 is 0 Å². The van der Waals surface area contributed by atoms with E-state index in [1.165, 1.54) is 0 Å². The van der Waals surface area contributed by atoms with E-state index in [1.807, 2.05) is 30.3 Å². The molecule has 1 rings (SSSR count). The van der Waals surface area contributed by atoms with Crippen molar-refractivity contribution >= 4 is 19.9 Å². The summed E-state index contributed by atoms with van der Waals surface area (Å²) in [6.07, 6.45) is 0. The summed E-state index contributed by atoms with van der Waals surface area (Å²) in [5.74, 6) is 0. The van der Waals surface area contributed by atoms with E-state index in [4.69, 9.17) is 0 Å².